The summed E-state index contributed by atoms with van der Waals surface area (Å²) >= 11 is 0. The highest BCUT2D eigenvalue weighted by Gasteiger charge is 2.16. The minimum absolute atomic E-state index is 0.109. The third kappa shape index (κ3) is 4.58. The van der Waals surface area contributed by atoms with Gasteiger partial charge in [-0.25, -0.2) is 0 Å². The maximum absolute atomic E-state index is 11.3. The minimum atomic E-state index is -0.711. The summed E-state index contributed by atoms with van der Waals surface area (Å²) in [5.41, 5.74) is 0. The number of rotatable bonds is 6. The van der Waals surface area contributed by atoms with E-state index in [9.17, 15) is 19.7 Å². The summed E-state index contributed by atoms with van der Waals surface area (Å²) in [6.45, 7) is -0.628. The van der Waals surface area contributed by atoms with Crippen LogP contribution in [0.3, 0.4) is 0 Å². The molecule has 0 fully saturated rings. The van der Waals surface area contributed by atoms with Crippen molar-refractivity contribution in [3.05, 3.63) is 28.4 Å². The summed E-state index contributed by atoms with van der Waals surface area (Å²) in [5.74, 6) is -1.51. The molecule has 0 saturated heterocycles. The molecule has 0 aliphatic rings. The number of carbonyl (C=O) groups is 2. The number of hydrogen-bond acceptors (Lipinski definition) is 6. The van der Waals surface area contributed by atoms with Gasteiger partial charge in [0, 0.05) is 7.05 Å². The molecule has 0 saturated carbocycles. The van der Waals surface area contributed by atoms with E-state index in [4.69, 9.17) is 4.74 Å². The van der Waals surface area contributed by atoms with E-state index in [0.29, 0.717) is 0 Å². The highest BCUT2D eigenvalue weighted by atomic mass is 16.6. The highest BCUT2D eigenvalue weighted by molar-refractivity contribution is 5.85. The Labute approximate surface area is 108 Å². The average Bonchev–Trinajstić information content (AvgIpc) is 2.42. The van der Waals surface area contributed by atoms with Gasteiger partial charge in [0.15, 0.2) is 6.61 Å². The van der Waals surface area contributed by atoms with Gasteiger partial charge in [-0.3, -0.25) is 9.59 Å². The maximum atomic E-state index is 11.3. The zero-order valence-corrected chi connectivity index (χ0v) is 10.1. The lowest BCUT2D eigenvalue weighted by Crippen LogP contribution is -2.37. The second-order valence-electron chi connectivity index (χ2n) is 3.32. The van der Waals surface area contributed by atoms with Gasteiger partial charge in [0.05, 0.1) is 6.54 Å². The smallest absolute Gasteiger partial charge is 0.406 e. The van der Waals surface area contributed by atoms with Crippen molar-refractivity contribution in [1.82, 2.24) is 15.6 Å². The number of carbonyl (C=O) groups excluding carboxylic acids is 2. The fourth-order valence-corrected chi connectivity index (χ4v) is 1.09. The van der Waals surface area contributed by atoms with Crippen LogP contribution in [0.25, 0.3) is 0 Å². The van der Waals surface area contributed by atoms with Crippen LogP contribution in [-0.4, -0.2) is 41.9 Å². The van der Waals surface area contributed by atoms with Crippen LogP contribution in [0.15, 0.2) is 18.3 Å². The Morgan fingerprint density at radius 1 is 1.47 bits per heavy atom. The lowest BCUT2D eigenvalue weighted by Gasteiger charge is -2.06. The molecule has 2 amide bonds. The fourth-order valence-electron chi connectivity index (χ4n) is 1.09. The first kappa shape index (κ1) is 14.4. The van der Waals surface area contributed by atoms with Crippen LogP contribution in [0, 0.1) is 10.1 Å². The topological polar surface area (TPSA) is 123 Å². The molecule has 1 aromatic heterocycles. The number of nitro groups is 1. The molecule has 2 N–H and O–H groups in total. The Morgan fingerprint density at radius 3 is 2.84 bits per heavy atom. The second kappa shape index (κ2) is 6.89. The van der Waals surface area contributed by atoms with Crippen LogP contribution in [0.1, 0.15) is 0 Å². The molecule has 1 rings (SSSR count). The van der Waals surface area contributed by atoms with Crippen LogP contribution < -0.4 is 15.4 Å². The second-order valence-corrected chi connectivity index (χ2v) is 3.32. The Bertz CT molecular complexity index is 491. The maximum Gasteiger partial charge on any atom is 0.406 e. The average molecular weight is 268 g/mol. The third-order valence-electron chi connectivity index (χ3n) is 2.01. The first-order chi connectivity index (χ1) is 9.04. The van der Waals surface area contributed by atoms with Crippen LogP contribution >= 0.6 is 0 Å². The van der Waals surface area contributed by atoms with Crippen LogP contribution in [-0.2, 0) is 9.59 Å². The van der Waals surface area contributed by atoms with Gasteiger partial charge in [-0.1, -0.05) is 0 Å². The zero-order valence-electron chi connectivity index (χ0n) is 10.1. The monoisotopic (exact) mass is 268 g/mol. The van der Waals surface area contributed by atoms with Crippen molar-refractivity contribution in [2.75, 3.05) is 20.2 Å². The van der Waals surface area contributed by atoms with Gasteiger partial charge in [0.1, 0.15) is 6.20 Å². The van der Waals surface area contributed by atoms with E-state index in [-0.39, 0.29) is 18.2 Å². The van der Waals surface area contributed by atoms with E-state index in [1.807, 2.05) is 0 Å². The molecule has 1 heterocycles. The number of nitrogens with zero attached hydrogens (tertiary/aromatic N) is 2. The minimum Gasteiger partial charge on any atom is -0.476 e. The number of aromatic nitrogens is 1. The van der Waals surface area contributed by atoms with E-state index in [1.54, 1.807) is 0 Å². The van der Waals surface area contributed by atoms with Gasteiger partial charge < -0.3 is 25.5 Å². The van der Waals surface area contributed by atoms with Crippen molar-refractivity contribution < 1.29 is 19.2 Å². The van der Waals surface area contributed by atoms with Crippen molar-refractivity contribution in [3.63, 3.8) is 0 Å². The number of nitrogens with one attached hydrogen (secondary N) is 2. The number of pyridine rings is 1. The summed E-state index contributed by atoms with van der Waals surface area (Å²) < 4.78 is 4.98. The van der Waals surface area contributed by atoms with E-state index < -0.39 is 23.3 Å². The van der Waals surface area contributed by atoms with Gasteiger partial charge >= 0.3 is 5.82 Å². The van der Waals surface area contributed by atoms with Crippen LogP contribution in [0.4, 0.5) is 5.82 Å². The Balaban J connectivity index is 2.51. The molecule has 0 aromatic carbocycles. The van der Waals surface area contributed by atoms with Gasteiger partial charge in [-0.15, -0.1) is 0 Å². The summed E-state index contributed by atoms with van der Waals surface area (Å²) in [5, 5.41) is 15.2. The molecule has 9 heteroatoms. The lowest BCUT2D eigenvalue weighted by atomic mass is 10.4. The normalized spacial score (nSPS) is 9.53. The third-order valence-corrected chi connectivity index (χ3v) is 2.01. The number of ether oxygens (including phenoxy) is 1. The van der Waals surface area contributed by atoms with Crippen molar-refractivity contribution in [3.8, 4) is 5.75 Å². The van der Waals surface area contributed by atoms with Crippen molar-refractivity contribution in [1.29, 1.82) is 0 Å². The summed E-state index contributed by atoms with van der Waals surface area (Å²) in [6.07, 6.45) is 1.25. The first-order valence-corrected chi connectivity index (χ1v) is 5.24. The van der Waals surface area contributed by atoms with E-state index in [1.165, 1.54) is 25.4 Å². The highest BCUT2D eigenvalue weighted by Crippen LogP contribution is 2.22. The molecule has 1 aromatic rings. The van der Waals surface area contributed by atoms with Gasteiger partial charge in [0.25, 0.3) is 5.91 Å². The predicted molar refractivity (Wildman–Crippen MR) is 63.5 cm³/mol. The Kier molecular flexibility index (Phi) is 5.20. The SMILES string of the molecule is CNC(=O)CNC(=O)COc1cccnc1[N+](=O)[O-]. The fraction of sp³-hybridized carbons (Fsp3) is 0.300. The zero-order chi connectivity index (χ0) is 14.3. The van der Waals surface area contributed by atoms with Crippen LogP contribution in [0.5, 0.6) is 5.75 Å². The number of hydrogen-bond donors (Lipinski definition) is 2. The predicted octanol–water partition coefficient (Wildman–Crippen LogP) is -0.769. The molecule has 0 spiro atoms. The molecule has 0 unspecified atom stereocenters. The van der Waals surface area contributed by atoms with Gasteiger partial charge in [0.2, 0.25) is 11.7 Å². The summed E-state index contributed by atoms with van der Waals surface area (Å²) in [4.78, 5) is 35.6. The summed E-state index contributed by atoms with van der Waals surface area (Å²) in [6, 6.07) is 2.78. The van der Waals surface area contributed by atoms with Gasteiger partial charge in [-0.2, -0.15) is 0 Å². The van der Waals surface area contributed by atoms with E-state index in [2.05, 4.69) is 15.6 Å². The molecular formula is C10H12N4O5. The molecule has 9 nitrogen and oxygen atoms in total. The molecule has 0 radical (unpaired) electrons. The molecule has 0 bridgehead atoms. The summed E-state index contributed by atoms with van der Waals surface area (Å²) in [7, 11) is 1.43. The molecule has 0 aliphatic carbocycles. The van der Waals surface area contributed by atoms with Crippen LogP contribution in [0.2, 0.25) is 0 Å². The first-order valence-electron chi connectivity index (χ1n) is 5.24. The van der Waals surface area contributed by atoms with E-state index >= 15 is 0 Å². The number of likely N-dealkylation sites (N-methyl/N-ethyl adjacent to an activating group) is 1. The lowest BCUT2D eigenvalue weighted by molar-refractivity contribution is -0.390. The molecular weight excluding hydrogens is 256 g/mol. The number of amides is 2. The molecule has 102 valence electrons. The molecule has 19 heavy (non-hydrogen) atoms. The standard InChI is InChI=1S/C10H12N4O5/c1-11-8(15)5-13-9(16)6-19-7-3-2-4-12-10(7)14(17)18/h2-4H,5-6H2,1H3,(H,11,15)(H,13,16). The Morgan fingerprint density at radius 2 is 2.21 bits per heavy atom. The quantitative estimate of drug-likeness (QED) is 0.515. The van der Waals surface area contributed by atoms with Crippen molar-refractivity contribution >= 4 is 17.6 Å². The molecule has 0 aliphatic heterocycles. The van der Waals surface area contributed by atoms with E-state index in [0.717, 1.165) is 0 Å². The molecule has 0 atom stereocenters. The Hall–Kier alpha value is -2.71. The largest absolute Gasteiger partial charge is 0.476 e. The van der Waals surface area contributed by atoms with Gasteiger partial charge in [-0.05, 0) is 22.0 Å². The van der Waals surface area contributed by atoms with Crippen molar-refractivity contribution in [2.24, 2.45) is 0 Å². The van der Waals surface area contributed by atoms with Crippen molar-refractivity contribution in [2.45, 2.75) is 0 Å².